The van der Waals surface area contributed by atoms with E-state index >= 15 is 0 Å². The third-order valence-electron chi connectivity index (χ3n) is 6.28. The number of benzene rings is 1. The first kappa shape index (κ1) is 18.3. The highest BCUT2D eigenvalue weighted by atomic mass is 16.5. The SMILES string of the molecule is Nc1ccc(-c2nn(C3CCC(N4CCOCC4)CC3)c3ncnc(N)c23)cc1. The molecule has 0 unspecified atom stereocenters. The van der Waals surface area contributed by atoms with Gasteiger partial charge in [-0.25, -0.2) is 14.6 Å². The zero-order valence-electron chi connectivity index (χ0n) is 16.5. The van der Waals surface area contributed by atoms with E-state index in [1.165, 1.54) is 19.2 Å². The van der Waals surface area contributed by atoms with Crippen LogP contribution in [-0.2, 0) is 4.74 Å². The topological polar surface area (TPSA) is 108 Å². The molecule has 8 nitrogen and oxygen atoms in total. The minimum absolute atomic E-state index is 0.326. The lowest BCUT2D eigenvalue weighted by atomic mass is 9.90. The molecule has 1 aromatic carbocycles. The molecular formula is C21H27N7O. The third kappa shape index (κ3) is 3.42. The Bertz CT molecular complexity index is 986. The maximum atomic E-state index is 6.24. The van der Waals surface area contributed by atoms with Gasteiger partial charge in [-0.2, -0.15) is 5.10 Å². The molecule has 0 spiro atoms. The number of rotatable bonds is 3. The number of nitrogens with two attached hydrogens (primary N) is 2. The summed E-state index contributed by atoms with van der Waals surface area (Å²) in [6.45, 7) is 3.80. The maximum Gasteiger partial charge on any atom is 0.164 e. The Morgan fingerprint density at radius 2 is 1.59 bits per heavy atom. The normalized spacial score (nSPS) is 23.4. The van der Waals surface area contributed by atoms with E-state index in [1.54, 1.807) is 0 Å². The second-order valence-electron chi connectivity index (χ2n) is 7.98. The first-order valence-corrected chi connectivity index (χ1v) is 10.4. The first-order valence-electron chi connectivity index (χ1n) is 10.4. The summed E-state index contributed by atoms with van der Waals surface area (Å²) in [5.74, 6) is 0.468. The van der Waals surface area contributed by atoms with Crippen molar-refractivity contribution in [1.82, 2.24) is 24.6 Å². The second kappa shape index (κ2) is 7.61. The number of nitrogen functional groups attached to an aromatic ring is 2. The summed E-state index contributed by atoms with van der Waals surface area (Å²) in [4.78, 5) is 11.3. The van der Waals surface area contributed by atoms with Gasteiger partial charge < -0.3 is 16.2 Å². The molecule has 2 aromatic heterocycles. The van der Waals surface area contributed by atoms with Crippen molar-refractivity contribution >= 4 is 22.5 Å². The Hall–Kier alpha value is -2.71. The summed E-state index contributed by atoms with van der Waals surface area (Å²) in [6.07, 6.45) is 6.04. The van der Waals surface area contributed by atoms with Crippen LogP contribution in [0, 0.1) is 0 Å². The lowest BCUT2D eigenvalue weighted by Crippen LogP contribution is -2.45. The average Bonchev–Trinajstić information content (AvgIpc) is 3.16. The highest BCUT2D eigenvalue weighted by Crippen LogP contribution is 2.37. The van der Waals surface area contributed by atoms with E-state index in [-0.39, 0.29) is 0 Å². The van der Waals surface area contributed by atoms with Crippen LogP contribution in [0.3, 0.4) is 0 Å². The standard InChI is InChI=1S/C21H27N7O/c22-15-3-1-14(2-4-15)19-18-20(23)24-13-25-21(18)28(26-19)17-7-5-16(6-8-17)27-9-11-29-12-10-27/h1-4,13,16-17H,5-12,22H2,(H2,23,24,25). The fraction of sp³-hybridized carbons (Fsp3) is 0.476. The van der Waals surface area contributed by atoms with Gasteiger partial charge >= 0.3 is 0 Å². The van der Waals surface area contributed by atoms with Crippen LogP contribution < -0.4 is 11.5 Å². The average molecular weight is 393 g/mol. The number of hydrogen-bond donors (Lipinski definition) is 2. The highest BCUT2D eigenvalue weighted by Gasteiger charge is 2.30. The van der Waals surface area contributed by atoms with Crippen LogP contribution in [0.15, 0.2) is 30.6 Å². The minimum atomic E-state index is 0.326. The summed E-state index contributed by atoms with van der Waals surface area (Å²) in [5.41, 5.74) is 15.4. The van der Waals surface area contributed by atoms with Crippen LogP contribution in [0.5, 0.6) is 0 Å². The van der Waals surface area contributed by atoms with Crippen molar-refractivity contribution in [2.24, 2.45) is 0 Å². The molecule has 1 saturated carbocycles. The smallest absolute Gasteiger partial charge is 0.164 e. The van der Waals surface area contributed by atoms with Gasteiger partial charge in [0.05, 0.1) is 24.6 Å². The van der Waals surface area contributed by atoms with Crippen molar-refractivity contribution in [2.75, 3.05) is 37.8 Å². The quantitative estimate of drug-likeness (QED) is 0.658. The van der Waals surface area contributed by atoms with Gasteiger partial charge in [-0.05, 0) is 37.8 Å². The molecule has 3 aromatic rings. The second-order valence-corrected chi connectivity index (χ2v) is 7.98. The van der Waals surface area contributed by atoms with Crippen LogP contribution in [0.25, 0.3) is 22.3 Å². The number of nitrogens with zero attached hydrogens (tertiary/aromatic N) is 5. The molecule has 1 aliphatic heterocycles. The van der Waals surface area contributed by atoms with Crippen molar-refractivity contribution in [3.8, 4) is 11.3 Å². The number of morpholine rings is 1. The number of aromatic nitrogens is 4. The van der Waals surface area contributed by atoms with E-state index in [1.807, 2.05) is 24.3 Å². The molecule has 1 saturated heterocycles. The molecule has 0 amide bonds. The first-order chi connectivity index (χ1) is 14.2. The van der Waals surface area contributed by atoms with E-state index in [0.29, 0.717) is 17.9 Å². The van der Waals surface area contributed by atoms with Crippen LogP contribution in [0.2, 0.25) is 0 Å². The molecule has 29 heavy (non-hydrogen) atoms. The Labute approximate surface area is 169 Å². The Balaban J connectivity index is 1.45. The van der Waals surface area contributed by atoms with Crippen LogP contribution in [0.4, 0.5) is 11.5 Å². The van der Waals surface area contributed by atoms with Gasteiger partial charge in [0, 0.05) is 30.4 Å². The molecule has 4 N–H and O–H groups in total. The molecular weight excluding hydrogens is 366 g/mol. The molecule has 2 aliphatic rings. The molecule has 8 heteroatoms. The van der Waals surface area contributed by atoms with E-state index in [9.17, 15) is 0 Å². The molecule has 1 aliphatic carbocycles. The summed E-state index contributed by atoms with van der Waals surface area (Å²) in [7, 11) is 0. The fourth-order valence-electron chi connectivity index (χ4n) is 4.70. The minimum Gasteiger partial charge on any atom is -0.399 e. The molecule has 2 fully saturated rings. The van der Waals surface area contributed by atoms with E-state index < -0.39 is 0 Å². The van der Waals surface area contributed by atoms with Gasteiger partial charge in [0.2, 0.25) is 0 Å². The number of anilines is 2. The summed E-state index contributed by atoms with van der Waals surface area (Å²) < 4.78 is 7.58. The van der Waals surface area contributed by atoms with Crippen molar-refractivity contribution in [2.45, 2.75) is 37.8 Å². The van der Waals surface area contributed by atoms with Crippen molar-refractivity contribution in [1.29, 1.82) is 0 Å². The number of hydrogen-bond acceptors (Lipinski definition) is 7. The maximum absolute atomic E-state index is 6.24. The van der Waals surface area contributed by atoms with Crippen molar-refractivity contribution in [3.63, 3.8) is 0 Å². The molecule has 0 atom stereocenters. The molecule has 0 bridgehead atoms. The van der Waals surface area contributed by atoms with Gasteiger partial charge in [0.25, 0.3) is 0 Å². The lowest BCUT2D eigenvalue weighted by Gasteiger charge is -2.38. The van der Waals surface area contributed by atoms with Gasteiger partial charge in [-0.15, -0.1) is 0 Å². The Kier molecular flexibility index (Phi) is 4.81. The van der Waals surface area contributed by atoms with Crippen LogP contribution in [0.1, 0.15) is 31.7 Å². The fourth-order valence-corrected chi connectivity index (χ4v) is 4.70. The van der Waals surface area contributed by atoms with Crippen molar-refractivity contribution in [3.05, 3.63) is 30.6 Å². The molecule has 152 valence electrons. The largest absolute Gasteiger partial charge is 0.399 e. The van der Waals surface area contributed by atoms with Gasteiger partial charge in [-0.1, -0.05) is 12.1 Å². The van der Waals surface area contributed by atoms with E-state index in [4.69, 9.17) is 21.3 Å². The molecule has 0 radical (unpaired) electrons. The third-order valence-corrected chi connectivity index (χ3v) is 6.28. The zero-order valence-corrected chi connectivity index (χ0v) is 16.5. The predicted molar refractivity (Wildman–Crippen MR) is 113 cm³/mol. The van der Waals surface area contributed by atoms with E-state index in [2.05, 4.69) is 19.5 Å². The lowest BCUT2D eigenvalue weighted by molar-refractivity contribution is 0.00520. The van der Waals surface area contributed by atoms with Crippen LogP contribution in [-0.4, -0.2) is 57.0 Å². The molecule has 3 heterocycles. The Morgan fingerprint density at radius 3 is 2.31 bits per heavy atom. The number of ether oxygens (including phenoxy) is 1. The molecule has 5 rings (SSSR count). The van der Waals surface area contributed by atoms with Crippen molar-refractivity contribution < 1.29 is 4.74 Å². The summed E-state index contributed by atoms with van der Waals surface area (Å²) in [6, 6.07) is 8.69. The zero-order chi connectivity index (χ0) is 19.8. The van der Waals surface area contributed by atoms with E-state index in [0.717, 1.165) is 67.1 Å². The monoisotopic (exact) mass is 393 g/mol. The van der Waals surface area contributed by atoms with Gasteiger partial charge in [0.15, 0.2) is 5.65 Å². The summed E-state index contributed by atoms with van der Waals surface area (Å²) >= 11 is 0. The van der Waals surface area contributed by atoms with Crippen LogP contribution >= 0.6 is 0 Å². The van der Waals surface area contributed by atoms with Gasteiger partial charge in [-0.3, -0.25) is 4.90 Å². The Morgan fingerprint density at radius 1 is 0.897 bits per heavy atom. The summed E-state index contributed by atoms with van der Waals surface area (Å²) in [5, 5.41) is 5.80. The van der Waals surface area contributed by atoms with Gasteiger partial charge in [0.1, 0.15) is 17.8 Å². The highest BCUT2D eigenvalue weighted by molar-refractivity contribution is 5.98. The predicted octanol–water partition coefficient (Wildman–Crippen LogP) is 2.47. The number of fused-ring (bicyclic) bond motifs is 1.